The zero-order chi connectivity index (χ0) is 23.8. The van der Waals surface area contributed by atoms with Crippen molar-refractivity contribution in [3.8, 4) is 23.0 Å². The third-order valence-electron chi connectivity index (χ3n) is 8.74. The fraction of sp³-hybridized carbons (Fsp3) is 0.571. The van der Waals surface area contributed by atoms with Gasteiger partial charge in [0.1, 0.15) is 12.1 Å². The van der Waals surface area contributed by atoms with Crippen LogP contribution in [0.4, 0.5) is 0 Å². The molecule has 0 radical (unpaired) electrons. The van der Waals surface area contributed by atoms with Gasteiger partial charge in [-0.2, -0.15) is 0 Å². The lowest BCUT2D eigenvalue weighted by atomic mass is 9.72. The minimum absolute atomic E-state index is 0. The van der Waals surface area contributed by atoms with Crippen LogP contribution in [0, 0.1) is 11.8 Å². The summed E-state index contributed by atoms with van der Waals surface area (Å²) in [5.74, 6) is 3.95. The number of quaternary nitrogens is 2. The van der Waals surface area contributed by atoms with Crippen molar-refractivity contribution in [1.29, 1.82) is 0 Å². The monoisotopic (exact) mass is 538 g/mol. The number of ether oxygens (including phenoxy) is 3. The Bertz CT molecular complexity index is 1050. The Morgan fingerprint density at radius 1 is 0.889 bits per heavy atom. The standard InChI is InChI=1S/C28H38N2O4.2ClH/c1-5-17-16-30-9-7-19-13-27(33-3)28(34-4)15-22(19)24(30)11-20(17)10-23-21-14-26(32-2)25(31)12-18(21)6-8-29-23;;/h12-15,17,20,23-24,29,31H,5-11,16H2,1-4H3;2*1H/t17-,20?,23+,24?;;/m0../s1. The summed E-state index contributed by atoms with van der Waals surface area (Å²) in [6.45, 7) is 5.89. The molecule has 0 amide bonds. The maximum absolute atomic E-state index is 10.3. The Kier molecular flexibility index (Phi) is 9.67. The van der Waals surface area contributed by atoms with Gasteiger partial charge in [-0.05, 0) is 47.7 Å². The molecule has 0 aromatic heterocycles. The third-order valence-corrected chi connectivity index (χ3v) is 8.74. The van der Waals surface area contributed by atoms with Gasteiger partial charge in [-0.15, -0.1) is 0 Å². The van der Waals surface area contributed by atoms with Gasteiger partial charge in [0, 0.05) is 42.7 Å². The SMILES string of the molecule is CC[C@H]1C[NH+]2CCc3cc(OC)c(OC)cc3C2CC1C[C@H]1[NH2+]CCc2cc(O)c(OC)cc21.[Cl-].[Cl-]. The molecule has 0 saturated carbocycles. The maximum Gasteiger partial charge on any atom is 0.161 e. The Labute approximate surface area is 227 Å². The van der Waals surface area contributed by atoms with E-state index in [0.29, 0.717) is 23.8 Å². The minimum atomic E-state index is 0. The molecule has 3 unspecified atom stereocenters. The van der Waals surface area contributed by atoms with Crippen LogP contribution in [0.1, 0.15) is 60.5 Å². The number of piperidine rings is 1. The fourth-order valence-electron chi connectivity index (χ4n) is 6.94. The van der Waals surface area contributed by atoms with Crippen molar-refractivity contribution in [1.82, 2.24) is 0 Å². The number of nitrogens with one attached hydrogen (secondary N) is 1. The van der Waals surface area contributed by atoms with E-state index in [1.807, 2.05) is 6.07 Å². The summed E-state index contributed by atoms with van der Waals surface area (Å²) in [7, 11) is 5.09. The first kappa shape index (κ1) is 28.7. The molecule has 2 aromatic rings. The van der Waals surface area contributed by atoms with Crippen molar-refractivity contribution < 1.29 is 54.3 Å². The number of methoxy groups -OCH3 is 3. The van der Waals surface area contributed by atoms with Gasteiger partial charge in [0.2, 0.25) is 0 Å². The van der Waals surface area contributed by atoms with Gasteiger partial charge < -0.3 is 54.3 Å². The average molecular weight is 540 g/mol. The van der Waals surface area contributed by atoms with E-state index in [0.717, 1.165) is 36.8 Å². The zero-order valence-corrected chi connectivity index (χ0v) is 23.3. The molecule has 2 aromatic carbocycles. The third kappa shape index (κ3) is 5.24. The van der Waals surface area contributed by atoms with Crippen LogP contribution in [0.2, 0.25) is 0 Å². The molecule has 36 heavy (non-hydrogen) atoms. The first-order valence-corrected chi connectivity index (χ1v) is 12.9. The van der Waals surface area contributed by atoms with Crippen molar-refractivity contribution in [3.05, 3.63) is 46.5 Å². The zero-order valence-electron chi connectivity index (χ0n) is 21.8. The number of aromatic hydroxyl groups is 1. The number of halogens is 2. The van der Waals surface area contributed by atoms with Crippen LogP contribution >= 0.6 is 0 Å². The number of phenolic OH excluding ortho intramolecular Hbond substituents is 1. The number of phenols is 1. The van der Waals surface area contributed by atoms with E-state index in [1.54, 1.807) is 26.2 Å². The number of hydrogen-bond acceptors (Lipinski definition) is 4. The van der Waals surface area contributed by atoms with Gasteiger partial charge in [-0.25, -0.2) is 0 Å². The van der Waals surface area contributed by atoms with Crippen LogP contribution in [0.25, 0.3) is 0 Å². The molecule has 200 valence electrons. The molecule has 0 aliphatic carbocycles. The largest absolute Gasteiger partial charge is 1.00 e. The van der Waals surface area contributed by atoms with Crippen molar-refractivity contribution in [2.45, 2.75) is 51.1 Å². The second-order valence-corrected chi connectivity index (χ2v) is 10.3. The molecular formula is C28H40Cl2N2O4. The molecule has 3 aliphatic rings. The highest BCUT2D eigenvalue weighted by atomic mass is 35.5. The summed E-state index contributed by atoms with van der Waals surface area (Å²) in [5.41, 5.74) is 5.51. The van der Waals surface area contributed by atoms with Crippen LogP contribution in [0.15, 0.2) is 24.3 Å². The Morgan fingerprint density at radius 2 is 1.56 bits per heavy atom. The predicted molar refractivity (Wildman–Crippen MR) is 131 cm³/mol. The van der Waals surface area contributed by atoms with Crippen molar-refractivity contribution in [2.24, 2.45) is 11.8 Å². The molecule has 0 bridgehead atoms. The van der Waals surface area contributed by atoms with E-state index in [1.165, 1.54) is 54.6 Å². The van der Waals surface area contributed by atoms with E-state index in [4.69, 9.17) is 14.2 Å². The van der Waals surface area contributed by atoms with Crippen LogP contribution in [0.5, 0.6) is 23.0 Å². The average Bonchev–Trinajstić information content (AvgIpc) is 2.87. The molecule has 3 heterocycles. The van der Waals surface area contributed by atoms with Crippen molar-refractivity contribution in [2.75, 3.05) is 41.0 Å². The second kappa shape index (κ2) is 12.1. The quantitative estimate of drug-likeness (QED) is 0.353. The van der Waals surface area contributed by atoms with E-state index < -0.39 is 0 Å². The first-order chi connectivity index (χ1) is 16.6. The molecule has 1 fully saturated rings. The van der Waals surface area contributed by atoms with Crippen molar-refractivity contribution in [3.63, 3.8) is 0 Å². The number of nitrogens with two attached hydrogens (primary N) is 1. The maximum atomic E-state index is 10.3. The highest BCUT2D eigenvalue weighted by Crippen LogP contribution is 2.42. The van der Waals surface area contributed by atoms with Crippen LogP contribution < -0.4 is 49.2 Å². The van der Waals surface area contributed by atoms with Crippen LogP contribution in [0.3, 0.4) is 0 Å². The Hall–Kier alpha value is -1.86. The summed E-state index contributed by atoms with van der Waals surface area (Å²) in [4.78, 5) is 1.74. The summed E-state index contributed by atoms with van der Waals surface area (Å²) in [6.07, 6.45) is 5.73. The second-order valence-electron chi connectivity index (χ2n) is 10.3. The number of benzene rings is 2. The molecule has 0 spiro atoms. The van der Waals surface area contributed by atoms with E-state index in [-0.39, 0.29) is 30.6 Å². The Balaban J connectivity index is 0.00000180. The lowest BCUT2D eigenvalue weighted by molar-refractivity contribution is -0.944. The van der Waals surface area contributed by atoms with Crippen LogP contribution in [-0.2, 0) is 12.8 Å². The topological polar surface area (TPSA) is 69.0 Å². The highest BCUT2D eigenvalue weighted by Gasteiger charge is 2.43. The Morgan fingerprint density at radius 3 is 2.25 bits per heavy atom. The fourth-order valence-corrected chi connectivity index (χ4v) is 6.94. The van der Waals surface area contributed by atoms with E-state index in [9.17, 15) is 5.11 Å². The lowest BCUT2D eigenvalue weighted by Gasteiger charge is -2.45. The van der Waals surface area contributed by atoms with Gasteiger partial charge in [0.25, 0.3) is 0 Å². The molecule has 6 nitrogen and oxygen atoms in total. The van der Waals surface area contributed by atoms with Gasteiger partial charge in [0.15, 0.2) is 23.0 Å². The first-order valence-electron chi connectivity index (χ1n) is 12.9. The summed E-state index contributed by atoms with van der Waals surface area (Å²) in [6, 6.07) is 9.41. The predicted octanol–water partition coefficient (Wildman–Crippen LogP) is -3.79. The number of hydrogen-bond donors (Lipinski definition) is 3. The van der Waals surface area contributed by atoms with Gasteiger partial charge >= 0.3 is 0 Å². The molecule has 8 heteroatoms. The van der Waals surface area contributed by atoms with Crippen LogP contribution in [-0.4, -0.2) is 46.1 Å². The molecule has 5 rings (SSSR count). The van der Waals surface area contributed by atoms with E-state index in [2.05, 4.69) is 30.4 Å². The normalized spacial score (nSPS) is 26.3. The van der Waals surface area contributed by atoms with E-state index >= 15 is 0 Å². The molecule has 3 aliphatic heterocycles. The van der Waals surface area contributed by atoms with Crippen molar-refractivity contribution >= 4 is 0 Å². The summed E-state index contributed by atoms with van der Waals surface area (Å²) >= 11 is 0. The minimum Gasteiger partial charge on any atom is -1.00 e. The summed E-state index contributed by atoms with van der Waals surface area (Å²) < 4.78 is 16.7. The number of fused-ring (bicyclic) bond motifs is 4. The molecular weight excluding hydrogens is 499 g/mol. The van der Waals surface area contributed by atoms with Gasteiger partial charge in [-0.3, -0.25) is 0 Å². The summed E-state index contributed by atoms with van der Waals surface area (Å²) in [5, 5.41) is 12.8. The smallest absolute Gasteiger partial charge is 0.161 e. The lowest BCUT2D eigenvalue weighted by Crippen LogP contribution is -3.15. The van der Waals surface area contributed by atoms with Gasteiger partial charge in [-0.1, -0.05) is 6.92 Å². The van der Waals surface area contributed by atoms with Gasteiger partial charge in [0.05, 0.1) is 41.0 Å². The highest BCUT2D eigenvalue weighted by molar-refractivity contribution is 5.49. The molecule has 4 N–H and O–H groups in total. The number of rotatable bonds is 6. The molecule has 5 atom stereocenters. The molecule has 1 saturated heterocycles.